The summed E-state index contributed by atoms with van der Waals surface area (Å²) in [5.74, 6) is 0.873. The third kappa shape index (κ3) is 6.16. The van der Waals surface area contributed by atoms with Crippen molar-refractivity contribution in [1.29, 1.82) is 0 Å². The molecule has 1 aliphatic rings. The molecule has 90 valence electrons. The number of likely N-dealkylation sites (tertiary alicyclic amines) is 1. The molecule has 0 saturated carbocycles. The minimum Gasteiger partial charge on any atom is -0.328 e. The summed E-state index contributed by atoms with van der Waals surface area (Å²) in [5, 5.41) is 0. The summed E-state index contributed by atoms with van der Waals surface area (Å²) in [6, 6.07) is 0.474. The Balaban J connectivity index is 1.91. The summed E-state index contributed by atoms with van der Waals surface area (Å²) in [7, 11) is 0. The lowest BCUT2D eigenvalue weighted by Gasteiger charge is -2.29. The van der Waals surface area contributed by atoms with E-state index < -0.39 is 0 Å². The van der Waals surface area contributed by atoms with Crippen LogP contribution in [0.3, 0.4) is 0 Å². The summed E-state index contributed by atoms with van der Waals surface area (Å²) >= 11 is 0. The Morgan fingerprint density at radius 1 is 1.13 bits per heavy atom. The van der Waals surface area contributed by atoms with Gasteiger partial charge in [-0.3, -0.25) is 0 Å². The van der Waals surface area contributed by atoms with Gasteiger partial charge >= 0.3 is 0 Å². The van der Waals surface area contributed by atoms with Crippen LogP contribution in [0.2, 0.25) is 0 Å². The summed E-state index contributed by atoms with van der Waals surface area (Å²) in [5.41, 5.74) is 5.88. The second kappa shape index (κ2) is 7.24. The van der Waals surface area contributed by atoms with Crippen molar-refractivity contribution in [3.05, 3.63) is 0 Å². The molecule has 1 aliphatic heterocycles. The Morgan fingerprint density at radius 3 is 2.40 bits per heavy atom. The van der Waals surface area contributed by atoms with Gasteiger partial charge in [0.25, 0.3) is 0 Å². The van der Waals surface area contributed by atoms with Gasteiger partial charge in [0.1, 0.15) is 0 Å². The molecule has 0 aromatic carbocycles. The fourth-order valence-corrected chi connectivity index (χ4v) is 2.24. The number of hydrogen-bond acceptors (Lipinski definition) is 2. The highest BCUT2D eigenvalue weighted by atomic mass is 15.1. The Labute approximate surface area is 95.2 Å². The van der Waals surface area contributed by atoms with Crippen LogP contribution in [0.1, 0.15) is 52.4 Å². The highest BCUT2D eigenvalue weighted by Crippen LogP contribution is 2.11. The molecule has 2 nitrogen and oxygen atoms in total. The topological polar surface area (TPSA) is 29.3 Å². The molecule has 0 atom stereocenters. The van der Waals surface area contributed by atoms with Crippen LogP contribution in [0.15, 0.2) is 0 Å². The quantitative estimate of drug-likeness (QED) is 0.686. The van der Waals surface area contributed by atoms with Crippen molar-refractivity contribution in [1.82, 2.24) is 4.90 Å². The SMILES string of the molecule is CC(C)CCCCCN1CCC(N)CC1. The second-order valence-electron chi connectivity index (χ2n) is 5.42. The Morgan fingerprint density at radius 2 is 1.80 bits per heavy atom. The van der Waals surface area contributed by atoms with E-state index in [0.29, 0.717) is 6.04 Å². The number of nitrogens with two attached hydrogens (primary N) is 1. The molecule has 1 rings (SSSR count). The minimum atomic E-state index is 0.474. The maximum absolute atomic E-state index is 5.88. The van der Waals surface area contributed by atoms with Gasteiger partial charge in [-0.15, -0.1) is 0 Å². The van der Waals surface area contributed by atoms with Crippen LogP contribution >= 0.6 is 0 Å². The first-order valence-corrected chi connectivity index (χ1v) is 6.66. The first kappa shape index (κ1) is 13.0. The Kier molecular flexibility index (Phi) is 6.26. The van der Waals surface area contributed by atoms with Crippen molar-refractivity contribution in [2.75, 3.05) is 19.6 Å². The molecule has 0 aromatic heterocycles. The monoisotopic (exact) mass is 212 g/mol. The van der Waals surface area contributed by atoms with Crippen molar-refractivity contribution in [3.8, 4) is 0 Å². The first-order chi connectivity index (χ1) is 7.18. The zero-order valence-electron chi connectivity index (χ0n) is 10.5. The summed E-state index contributed by atoms with van der Waals surface area (Å²) < 4.78 is 0. The van der Waals surface area contributed by atoms with Crippen molar-refractivity contribution < 1.29 is 0 Å². The van der Waals surface area contributed by atoms with Crippen LogP contribution < -0.4 is 5.73 Å². The predicted molar refractivity (Wildman–Crippen MR) is 67.0 cm³/mol. The molecule has 0 radical (unpaired) electrons. The molecule has 0 aliphatic carbocycles. The van der Waals surface area contributed by atoms with E-state index in [1.165, 1.54) is 58.2 Å². The number of rotatable bonds is 6. The molecule has 0 amide bonds. The van der Waals surface area contributed by atoms with Gasteiger partial charge in [0.15, 0.2) is 0 Å². The summed E-state index contributed by atoms with van der Waals surface area (Å²) in [4.78, 5) is 2.58. The van der Waals surface area contributed by atoms with E-state index in [1.807, 2.05) is 0 Å². The van der Waals surface area contributed by atoms with Gasteiger partial charge in [0.05, 0.1) is 0 Å². The van der Waals surface area contributed by atoms with Gasteiger partial charge in [-0.05, 0) is 44.8 Å². The average Bonchev–Trinajstić information content (AvgIpc) is 2.20. The van der Waals surface area contributed by atoms with Crippen LogP contribution in [0.25, 0.3) is 0 Å². The van der Waals surface area contributed by atoms with Crippen molar-refractivity contribution >= 4 is 0 Å². The second-order valence-corrected chi connectivity index (χ2v) is 5.42. The van der Waals surface area contributed by atoms with E-state index in [2.05, 4.69) is 18.7 Å². The lowest BCUT2D eigenvalue weighted by atomic mass is 10.0. The molecule has 1 saturated heterocycles. The van der Waals surface area contributed by atoms with Crippen LogP contribution in [-0.4, -0.2) is 30.6 Å². The van der Waals surface area contributed by atoms with Gasteiger partial charge in [-0.25, -0.2) is 0 Å². The van der Waals surface area contributed by atoms with Gasteiger partial charge in [0.2, 0.25) is 0 Å². The van der Waals surface area contributed by atoms with Crippen LogP contribution in [0.4, 0.5) is 0 Å². The Hall–Kier alpha value is -0.0800. The predicted octanol–water partition coefficient (Wildman–Crippen LogP) is 2.63. The fourth-order valence-electron chi connectivity index (χ4n) is 2.24. The lowest BCUT2D eigenvalue weighted by Crippen LogP contribution is -2.39. The lowest BCUT2D eigenvalue weighted by molar-refractivity contribution is 0.209. The molecular weight excluding hydrogens is 184 g/mol. The number of nitrogens with zero attached hydrogens (tertiary/aromatic N) is 1. The fraction of sp³-hybridized carbons (Fsp3) is 1.00. The molecular formula is C13H28N2. The van der Waals surface area contributed by atoms with Gasteiger partial charge in [-0.2, -0.15) is 0 Å². The molecule has 0 bridgehead atoms. The van der Waals surface area contributed by atoms with Crippen LogP contribution in [0, 0.1) is 5.92 Å². The minimum absolute atomic E-state index is 0.474. The standard InChI is InChI=1S/C13H28N2/c1-12(2)6-4-3-5-9-15-10-7-13(14)8-11-15/h12-13H,3-11,14H2,1-2H3. The normalized spacial score (nSPS) is 20.0. The zero-order chi connectivity index (χ0) is 11.1. The maximum Gasteiger partial charge on any atom is 0.00631 e. The number of piperidine rings is 1. The van der Waals surface area contributed by atoms with Gasteiger partial charge < -0.3 is 10.6 Å². The average molecular weight is 212 g/mol. The largest absolute Gasteiger partial charge is 0.328 e. The maximum atomic E-state index is 5.88. The van der Waals surface area contributed by atoms with E-state index in [-0.39, 0.29) is 0 Å². The summed E-state index contributed by atoms with van der Waals surface area (Å²) in [6.07, 6.45) is 7.98. The van der Waals surface area contributed by atoms with E-state index in [1.54, 1.807) is 0 Å². The molecule has 0 aromatic rings. The summed E-state index contributed by atoms with van der Waals surface area (Å²) in [6.45, 7) is 8.37. The smallest absolute Gasteiger partial charge is 0.00631 e. The highest BCUT2D eigenvalue weighted by Gasteiger charge is 2.14. The van der Waals surface area contributed by atoms with E-state index >= 15 is 0 Å². The molecule has 1 fully saturated rings. The molecule has 15 heavy (non-hydrogen) atoms. The van der Waals surface area contributed by atoms with Crippen LogP contribution in [-0.2, 0) is 0 Å². The zero-order valence-corrected chi connectivity index (χ0v) is 10.5. The van der Waals surface area contributed by atoms with E-state index in [0.717, 1.165) is 5.92 Å². The third-order valence-corrected chi connectivity index (χ3v) is 3.39. The third-order valence-electron chi connectivity index (χ3n) is 3.39. The first-order valence-electron chi connectivity index (χ1n) is 6.66. The van der Waals surface area contributed by atoms with E-state index in [4.69, 9.17) is 5.73 Å². The van der Waals surface area contributed by atoms with Crippen molar-refractivity contribution in [2.24, 2.45) is 11.7 Å². The van der Waals surface area contributed by atoms with Gasteiger partial charge in [-0.1, -0.05) is 33.1 Å². The van der Waals surface area contributed by atoms with Crippen molar-refractivity contribution in [3.63, 3.8) is 0 Å². The molecule has 2 N–H and O–H groups in total. The highest BCUT2D eigenvalue weighted by molar-refractivity contribution is 4.73. The molecule has 0 unspecified atom stereocenters. The van der Waals surface area contributed by atoms with Crippen LogP contribution in [0.5, 0.6) is 0 Å². The molecule has 2 heteroatoms. The Bertz CT molecular complexity index is 149. The molecule has 1 heterocycles. The number of unbranched alkanes of at least 4 members (excludes halogenated alkanes) is 2. The van der Waals surface area contributed by atoms with Gasteiger partial charge in [0, 0.05) is 6.04 Å². The number of hydrogen-bond donors (Lipinski definition) is 1. The van der Waals surface area contributed by atoms with E-state index in [9.17, 15) is 0 Å². The van der Waals surface area contributed by atoms with Crippen molar-refractivity contribution in [2.45, 2.75) is 58.4 Å². The molecule has 0 spiro atoms.